The monoisotopic (exact) mass is 863 g/mol. The molecule has 0 amide bonds. The van der Waals surface area contributed by atoms with Crippen molar-refractivity contribution < 1.29 is 28.6 Å². The zero-order valence-electron chi connectivity index (χ0n) is 41.6. The number of carbonyl (C=O) groups excluding carboxylic acids is 3. The first-order chi connectivity index (χ1) is 29.9. The zero-order valence-corrected chi connectivity index (χ0v) is 41.6. The van der Waals surface area contributed by atoms with E-state index in [0.29, 0.717) is 19.3 Å². The van der Waals surface area contributed by atoms with Crippen molar-refractivity contribution >= 4 is 17.9 Å². The molecule has 0 heterocycles. The summed E-state index contributed by atoms with van der Waals surface area (Å²) in [6.45, 7) is 9.05. The smallest absolute Gasteiger partial charge is 0.306 e. The lowest BCUT2D eigenvalue weighted by Crippen LogP contribution is -2.30. The summed E-state index contributed by atoms with van der Waals surface area (Å²) >= 11 is 0. The second-order valence-electron chi connectivity index (χ2n) is 19.3. The molecule has 0 aromatic carbocycles. The maximum Gasteiger partial charge on any atom is 0.306 e. The molecular weight excluding hydrogens is 757 g/mol. The van der Waals surface area contributed by atoms with Gasteiger partial charge >= 0.3 is 17.9 Å². The van der Waals surface area contributed by atoms with E-state index >= 15 is 0 Å². The van der Waals surface area contributed by atoms with Gasteiger partial charge in [0.25, 0.3) is 0 Å². The van der Waals surface area contributed by atoms with Crippen molar-refractivity contribution in [1.82, 2.24) is 0 Å². The Morgan fingerprint density at radius 2 is 0.541 bits per heavy atom. The van der Waals surface area contributed by atoms with Crippen molar-refractivity contribution in [2.75, 3.05) is 13.2 Å². The summed E-state index contributed by atoms with van der Waals surface area (Å²) in [7, 11) is 0. The summed E-state index contributed by atoms with van der Waals surface area (Å²) in [6, 6.07) is 0. The first-order valence-electron chi connectivity index (χ1n) is 27.4. The molecule has 0 aromatic rings. The van der Waals surface area contributed by atoms with Crippen LogP contribution in [0.4, 0.5) is 0 Å². The number of ether oxygens (including phenoxy) is 3. The highest BCUT2D eigenvalue weighted by Gasteiger charge is 2.19. The molecule has 6 heteroatoms. The number of carbonyl (C=O) groups is 3. The van der Waals surface area contributed by atoms with Gasteiger partial charge in [-0.2, -0.15) is 0 Å². The van der Waals surface area contributed by atoms with Gasteiger partial charge in [0.1, 0.15) is 13.2 Å². The third-order valence-electron chi connectivity index (χ3n) is 12.5. The van der Waals surface area contributed by atoms with Crippen LogP contribution >= 0.6 is 0 Å². The molecule has 0 aliphatic carbocycles. The molecule has 0 rings (SSSR count). The largest absolute Gasteiger partial charge is 0.462 e. The van der Waals surface area contributed by atoms with E-state index in [1.165, 1.54) is 205 Å². The molecule has 0 aromatic heterocycles. The van der Waals surface area contributed by atoms with Gasteiger partial charge in [-0.15, -0.1) is 0 Å². The molecule has 0 saturated carbocycles. The summed E-state index contributed by atoms with van der Waals surface area (Å²) < 4.78 is 16.8. The summed E-state index contributed by atoms with van der Waals surface area (Å²) in [6.07, 6.45) is 52.2. The van der Waals surface area contributed by atoms with Crippen LogP contribution in [0.25, 0.3) is 0 Å². The van der Waals surface area contributed by atoms with E-state index in [1.54, 1.807) is 0 Å². The fourth-order valence-corrected chi connectivity index (χ4v) is 8.39. The van der Waals surface area contributed by atoms with Crippen LogP contribution in [-0.2, 0) is 28.6 Å². The molecule has 1 atom stereocenters. The molecule has 0 saturated heterocycles. The minimum Gasteiger partial charge on any atom is -0.462 e. The number of esters is 3. The Labute approximate surface area is 380 Å². The van der Waals surface area contributed by atoms with Crippen LogP contribution in [-0.4, -0.2) is 37.2 Å². The van der Waals surface area contributed by atoms with Gasteiger partial charge in [0, 0.05) is 19.3 Å². The fraction of sp³-hybridized carbons (Fsp3) is 0.945. The molecule has 362 valence electrons. The maximum absolute atomic E-state index is 12.8. The van der Waals surface area contributed by atoms with E-state index in [2.05, 4.69) is 27.7 Å². The molecular formula is C55H106O6. The highest BCUT2D eigenvalue weighted by Crippen LogP contribution is 2.17. The van der Waals surface area contributed by atoms with E-state index in [4.69, 9.17) is 14.2 Å². The number of hydrogen-bond acceptors (Lipinski definition) is 6. The van der Waals surface area contributed by atoms with Crippen molar-refractivity contribution in [3.05, 3.63) is 0 Å². The van der Waals surface area contributed by atoms with Gasteiger partial charge in [-0.25, -0.2) is 0 Å². The molecule has 0 radical (unpaired) electrons. The van der Waals surface area contributed by atoms with Crippen LogP contribution in [0.5, 0.6) is 0 Å². The van der Waals surface area contributed by atoms with Crippen LogP contribution in [0.2, 0.25) is 0 Å². The Balaban J connectivity index is 4.30. The van der Waals surface area contributed by atoms with Crippen LogP contribution in [0.3, 0.4) is 0 Å². The summed E-state index contributed by atoms with van der Waals surface area (Å²) in [5.41, 5.74) is 0. The Morgan fingerprint density at radius 3 is 0.803 bits per heavy atom. The van der Waals surface area contributed by atoms with Gasteiger partial charge in [0.2, 0.25) is 0 Å². The van der Waals surface area contributed by atoms with E-state index in [1.807, 2.05) is 0 Å². The van der Waals surface area contributed by atoms with Gasteiger partial charge in [-0.1, -0.05) is 272 Å². The minimum atomic E-state index is -0.761. The van der Waals surface area contributed by atoms with Crippen molar-refractivity contribution in [3.63, 3.8) is 0 Å². The second kappa shape index (κ2) is 49.4. The Morgan fingerprint density at radius 1 is 0.311 bits per heavy atom. The molecule has 0 fully saturated rings. The average Bonchev–Trinajstić information content (AvgIpc) is 3.24. The van der Waals surface area contributed by atoms with Gasteiger partial charge in [0.05, 0.1) is 0 Å². The van der Waals surface area contributed by atoms with Gasteiger partial charge in [-0.3, -0.25) is 14.4 Å². The summed E-state index contributed by atoms with van der Waals surface area (Å²) in [5.74, 6) is -0.000790. The van der Waals surface area contributed by atoms with Gasteiger partial charge < -0.3 is 14.2 Å². The Bertz CT molecular complexity index is 918. The summed E-state index contributed by atoms with van der Waals surface area (Å²) in [5, 5.41) is 0. The predicted molar refractivity (Wildman–Crippen MR) is 261 cm³/mol. The lowest BCUT2D eigenvalue weighted by molar-refractivity contribution is -0.167. The van der Waals surface area contributed by atoms with E-state index in [-0.39, 0.29) is 31.1 Å². The van der Waals surface area contributed by atoms with E-state index in [9.17, 15) is 14.4 Å². The Hall–Kier alpha value is -1.59. The number of rotatable bonds is 50. The first-order valence-corrected chi connectivity index (χ1v) is 27.4. The Kier molecular flexibility index (Phi) is 48.1. The number of hydrogen-bond donors (Lipinski definition) is 0. The van der Waals surface area contributed by atoms with Gasteiger partial charge in [-0.05, 0) is 25.2 Å². The van der Waals surface area contributed by atoms with Crippen LogP contribution in [0.1, 0.15) is 310 Å². The van der Waals surface area contributed by atoms with E-state index in [0.717, 1.165) is 63.7 Å². The lowest BCUT2D eigenvalue weighted by Gasteiger charge is -2.18. The van der Waals surface area contributed by atoms with Crippen LogP contribution in [0, 0.1) is 5.92 Å². The normalized spacial score (nSPS) is 12.0. The lowest BCUT2D eigenvalue weighted by atomic mass is 10.0. The van der Waals surface area contributed by atoms with Crippen LogP contribution < -0.4 is 0 Å². The fourth-order valence-electron chi connectivity index (χ4n) is 8.39. The highest BCUT2D eigenvalue weighted by molar-refractivity contribution is 5.71. The van der Waals surface area contributed by atoms with Crippen molar-refractivity contribution in [3.8, 4) is 0 Å². The topological polar surface area (TPSA) is 78.9 Å². The molecule has 0 bridgehead atoms. The third kappa shape index (κ3) is 49.3. The molecule has 6 nitrogen and oxygen atoms in total. The molecule has 0 aliphatic heterocycles. The molecule has 0 N–H and O–H groups in total. The van der Waals surface area contributed by atoms with Gasteiger partial charge in [0.15, 0.2) is 6.10 Å². The van der Waals surface area contributed by atoms with Crippen molar-refractivity contribution in [1.29, 1.82) is 0 Å². The molecule has 0 aliphatic rings. The maximum atomic E-state index is 12.8. The van der Waals surface area contributed by atoms with Crippen molar-refractivity contribution in [2.24, 2.45) is 5.92 Å². The SMILES string of the molecule is CCCCCCCCCCCCCCCCC(=O)OC[C@@H](COC(=O)CCCCCCCCCCCCCCC)OC(=O)CCCCCCCCCCCCCCCC(C)C. The predicted octanol–water partition coefficient (Wildman–Crippen LogP) is 17.8. The standard InChI is InChI=1S/C55H106O6/c1-5-7-9-11-13-15-17-19-23-27-31-35-39-43-47-54(57)60-50-52(49-59-53(56)46-42-38-34-30-26-21-18-16-14-12-10-8-6-2)61-55(58)48-44-40-36-32-28-24-20-22-25-29-33-37-41-45-51(3)4/h51-52H,5-50H2,1-4H3/t52-/m1/s1. The highest BCUT2D eigenvalue weighted by atomic mass is 16.6. The zero-order chi connectivity index (χ0) is 44.5. The quantitative estimate of drug-likeness (QED) is 0.0344. The molecule has 0 unspecified atom stereocenters. The summed E-state index contributed by atoms with van der Waals surface area (Å²) in [4.78, 5) is 38.0. The average molecular weight is 863 g/mol. The molecule has 61 heavy (non-hydrogen) atoms. The third-order valence-corrected chi connectivity index (χ3v) is 12.5. The minimum absolute atomic E-state index is 0.0622. The van der Waals surface area contributed by atoms with Crippen molar-refractivity contribution in [2.45, 2.75) is 316 Å². The molecule has 0 spiro atoms. The first kappa shape index (κ1) is 59.4. The van der Waals surface area contributed by atoms with E-state index < -0.39 is 6.10 Å². The second-order valence-corrected chi connectivity index (χ2v) is 19.3. The number of unbranched alkanes of at least 4 members (excludes halogenated alkanes) is 37. The van der Waals surface area contributed by atoms with Crippen LogP contribution in [0.15, 0.2) is 0 Å².